The summed E-state index contributed by atoms with van der Waals surface area (Å²) in [6, 6.07) is 2.22. The van der Waals surface area contributed by atoms with Gasteiger partial charge in [-0.25, -0.2) is 4.79 Å². The van der Waals surface area contributed by atoms with Crippen molar-refractivity contribution < 1.29 is 9.90 Å². The number of hydrogen-bond donors (Lipinski definition) is 3. The maximum Gasteiger partial charge on any atom is 0.352 e. The van der Waals surface area contributed by atoms with Crippen LogP contribution in [0.2, 0.25) is 0 Å². The fourth-order valence-electron chi connectivity index (χ4n) is 2.04. The summed E-state index contributed by atoms with van der Waals surface area (Å²) in [5, 5.41) is 12.1. The molecule has 0 saturated carbocycles. The van der Waals surface area contributed by atoms with Crippen LogP contribution in [0.1, 0.15) is 28.7 Å². The summed E-state index contributed by atoms with van der Waals surface area (Å²) in [7, 11) is 0. The van der Waals surface area contributed by atoms with E-state index in [9.17, 15) is 4.79 Å². The highest BCUT2D eigenvalue weighted by Crippen LogP contribution is 2.22. The lowest BCUT2D eigenvalue weighted by atomic mass is 10.2. The average molecular weight is 194 g/mol. The number of likely N-dealkylation sites (N-methyl/N-ethyl adjacent to an activating group) is 1. The molecular formula is C10H14N2O2. The Kier molecular flexibility index (Phi) is 2.29. The quantitative estimate of drug-likeness (QED) is 0.666. The number of carboxylic acids is 1. The van der Waals surface area contributed by atoms with E-state index in [2.05, 4.69) is 17.2 Å². The Morgan fingerprint density at radius 1 is 1.71 bits per heavy atom. The van der Waals surface area contributed by atoms with Gasteiger partial charge in [-0.2, -0.15) is 0 Å². The van der Waals surface area contributed by atoms with E-state index in [1.165, 1.54) is 0 Å². The molecule has 3 N–H and O–H groups in total. The molecule has 0 amide bonds. The van der Waals surface area contributed by atoms with Gasteiger partial charge in [0.15, 0.2) is 0 Å². The van der Waals surface area contributed by atoms with Crippen molar-refractivity contribution in [3.05, 3.63) is 23.0 Å². The van der Waals surface area contributed by atoms with Gasteiger partial charge in [0, 0.05) is 18.2 Å². The minimum absolute atomic E-state index is 0.310. The maximum absolute atomic E-state index is 10.7. The first-order valence-corrected chi connectivity index (χ1v) is 4.88. The van der Waals surface area contributed by atoms with Crippen LogP contribution in [0, 0.1) is 0 Å². The van der Waals surface area contributed by atoms with E-state index in [0.29, 0.717) is 11.7 Å². The Bertz CT molecular complexity index is 334. The van der Waals surface area contributed by atoms with Gasteiger partial charge in [0.25, 0.3) is 0 Å². The summed E-state index contributed by atoms with van der Waals surface area (Å²) in [6.45, 7) is 3.04. The van der Waals surface area contributed by atoms with Crippen LogP contribution in [-0.4, -0.2) is 28.6 Å². The van der Waals surface area contributed by atoms with Gasteiger partial charge >= 0.3 is 5.97 Å². The summed E-state index contributed by atoms with van der Waals surface area (Å²) >= 11 is 0. The zero-order chi connectivity index (χ0) is 10.1. The number of aromatic nitrogens is 1. The molecule has 0 fully saturated rings. The van der Waals surface area contributed by atoms with Crippen LogP contribution in [0.4, 0.5) is 0 Å². The highest BCUT2D eigenvalue weighted by atomic mass is 16.4. The fraction of sp³-hybridized carbons (Fsp3) is 0.500. The van der Waals surface area contributed by atoms with Crippen molar-refractivity contribution in [1.82, 2.24) is 10.3 Å². The van der Waals surface area contributed by atoms with E-state index in [1.54, 1.807) is 6.07 Å². The van der Waals surface area contributed by atoms with E-state index in [-0.39, 0.29) is 0 Å². The van der Waals surface area contributed by atoms with E-state index < -0.39 is 5.97 Å². The third kappa shape index (κ3) is 1.53. The summed E-state index contributed by atoms with van der Waals surface area (Å²) in [4.78, 5) is 13.6. The highest BCUT2D eigenvalue weighted by molar-refractivity contribution is 5.86. The van der Waals surface area contributed by atoms with Crippen molar-refractivity contribution in [1.29, 1.82) is 0 Å². The van der Waals surface area contributed by atoms with E-state index >= 15 is 0 Å². The average Bonchev–Trinajstić information content (AvgIpc) is 2.61. The van der Waals surface area contributed by atoms with Gasteiger partial charge in [-0.1, -0.05) is 6.92 Å². The zero-order valence-corrected chi connectivity index (χ0v) is 8.13. The molecule has 0 saturated heterocycles. The Labute approximate surface area is 82.3 Å². The number of nitrogens with one attached hydrogen (secondary N) is 2. The number of carbonyl (C=O) groups is 1. The minimum Gasteiger partial charge on any atom is -0.477 e. The molecule has 0 spiro atoms. The van der Waals surface area contributed by atoms with Gasteiger partial charge in [0.1, 0.15) is 5.69 Å². The SMILES string of the molecule is CCN[C@@H]1Cc2cc(C(=O)O)[nH]c2C1. The molecule has 1 atom stereocenters. The summed E-state index contributed by atoms with van der Waals surface area (Å²) in [6.07, 6.45) is 1.85. The van der Waals surface area contributed by atoms with Gasteiger partial charge in [0.2, 0.25) is 0 Å². The van der Waals surface area contributed by atoms with Gasteiger partial charge < -0.3 is 15.4 Å². The number of H-pyrrole nitrogens is 1. The van der Waals surface area contributed by atoms with Crippen LogP contribution < -0.4 is 5.32 Å². The first-order chi connectivity index (χ1) is 6.70. The molecule has 1 aromatic heterocycles. The second-order valence-corrected chi connectivity index (χ2v) is 3.65. The molecule has 14 heavy (non-hydrogen) atoms. The van der Waals surface area contributed by atoms with Gasteiger partial charge in [0.05, 0.1) is 0 Å². The molecule has 1 aliphatic carbocycles. The molecule has 1 aliphatic rings. The molecule has 1 aromatic rings. The van der Waals surface area contributed by atoms with Crippen LogP contribution in [0.5, 0.6) is 0 Å². The number of carboxylic acid groups (broad SMARTS) is 1. The molecule has 0 unspecified atom stereocenters. The molecule has 4 nitrogen and oxygen atoms in total. The molecule has 1 heterocycles. The Balaban J connectivity index is 2.12. The standard InChI is InChI=1S/C10H14N2O2/c1-2-11-7-3-6-4-9(10(13)14)12-8(6)5-7/h4,7,11-12H,2-3,5H2,1H3,(H,13,14)/t7-/m1/s1. The minimum atomic E-state index is -0.876. The second-order valence-electron chi connectivity index (χ2n) is 3.65. The predicted molar refractivity (Wildman–Crippen MR) is 52.6 cm³/mol. The van der Waals surface area contributed by atoms with Gasteiger partial charge in [-0.05, 0) is 24.6 Å². The summed E-state index contributed by atoms with van der Waals surface area (Å²) in [5.41, 5.74) is 2.53. The molecule has 2 rings (SSSR count). The molecule has 0 radical (unpaired) electrons. The van der Waals surface area contributed by atoms with Crippen molar-refractivity contribution in [2.24, 2.45) is 0 Å². The number of rotatable bonds is 3. The first kappa shape index (κ1) is 9.27. The van der Waals surface area contributed by atoms with Crippen molar-refractivity contribution in [2.75, 3.05) is 6.54 Å². The van der Waals surface area contributed by atoms with Crippen molar-refractivity contribution >= 4 is 5.97 Å². The van der Waals surface area contributed by atoms with Crippen LogP contribution >= 0.6 is 0 Å². The Hall–Kier alpha value is -1.29. The predicted octanol–water partition coefficient (Wildman–Crippen LogP) is 0.790. The lowest BCUT2D eigenvalue weighted by Gasteiger charge is -2.08. The van der Waals surface area contributed by atoms with Crippen LogP contribution in [0.15, 0.2) is 6.07 Å². The molecule has 0 bridgehead atoms. The Morgan fingerprint density at radius 2 is 2.50 bits per heavy atom. The van der Waals surface area contributed by atoms with Crippen molar-refractivity contribution in [3.8, 4) is 0 Å². The van der Waals surface area contributed by atoms with Gasteiger partial charge in [-0.15, -0.1) is 0 Å². The molecular weight excluding hydrogens is 180 g/mol. The third-order valence-corrected chi connectivity index (χ3v) is 2.63. The number of aromatic carboxylic acids is 1. The first-order valence-electron chi connectivity index (χ1n) is 4.88. The number of fused-ring (bicyclic) bond motifs is 1. The molecule has 0 aromatic carbocycles. The summed E-state index contributed by atoms with van der Waals surface area (Å²) in [5.74, 6) is -0.876. The van der Waals surface area contributed by atoms with E-state index in [4.69, 9.17) is 5.11 Å². The second kappa shape index (κ2) is 3.46. The molecule has 76 valence electrons. The topological polar surface area (TPSA) is 65.1 Å². The fourth-order valence-corrected chi connectivity index (χ4v) is 2.04. The lowest BCUT2D eigenvalue weighted by Crippen LogP contribution is -2.29. The molecule has 0 aliphatic heterocycles. The highest BCUT2D eigenvalue weighted by Gasteiger charge is 2.24. The van der Waals surface area contributed by atoms with Crippen molar-refractivity contribution in [3.63, 3.8) is 0 Å². The van der Waals surface area contributed by atoms with Gasteiger partial charge in [-0.3, -0.25) is 0 Å². The van der Waals surface area contributed by atoms with Crippen LogP contribution in [0.25, 0.3) is 0 Å². The monoisotopic (exact) mass is 194 g/mol. The van der Waals surface area contributed by atoms with E-state index in [1.807, 2.05) is 0 Å². The van der Waals surface area contributed by atoms with Crippen LogP contribution in [0.3, 0.4) is 0 Å². The summed E-state index contributed by atoms with van der Waals surface area (Å²) < 4.78 is 0. The normalized spacial score (nSPS) is 19.6. The smallest absolute Gasteiger partial charge is 0.352 e. The number of hydrogen-bond acceptors (Lipinski definition) is 2. The molecule has 4 heteroatoms. The van der Waals surface area contributed by atoms with Crippen molar-refractivity contribution in [2.45, 2.75) is 25.8 Å². The third-order valence-electron chi connectivity index (χ3n) is 2.63. The lowest BCUT2D eigenvalue weighted by molar-refractivity contribution is 0.0691. The largest absolute Gasteiger partial charge is 0.477 e. The van der Waals surface area contributed by atoms with Crippen LogP contribution in [-0.2, 0) is 12.8 Å². The Morgan fingerprint density at radius 3 is 3.07 bits per heavy atom. The van der Waals surface area contributed by atoms with E-state index in [0.717, 1.165) is 30.6 Å². The maximum atomic E-state index is 10.7. The number of aromatic amines is 1. The zero-order valence-electron chi connectivity index (χ0n) is 8.13.